The molecular weight excluding hydrogens is 328 g/mol. The van der Waals surface area contributed by atoms with Crippen LogP contribution < -0.4 is 4.74 Å². The van der Waals surface area contributed by atoms with Gasteiger partial charge in [-0.25, -0.2) is 8.78 Å². The van der Waals surface area contributed by atoms with E-state index in [1.165, 1.54) is 12.4 Å². The monoisotopic (exact) mass is 337 g/mol. The molecule has 5 nitrogen and oxygen atoms in total. The SMILES string of the molecule is FC(F)c1cnc(-c2ccc(Cl)cc2OCc2ccno2)cn1. The van der Waals surface area contributed by atoms with Crippen molar-refractivity contribution in [3.8, 4) is 17.0 Å². The second-order valence-corrected chi connectivity index (χ2v) is 4.97. The lowest BCUT2D eigenvalue weighted by Crippen LogP contribution is -1.98. The van der Waals surface area contributed by atoms with Crippen LogP contribution in [-0.2, 0) is 6.61 Å². The van der Waals surface area contributed by atoms with Crippen molar-refractivity contribution in [1.82, 2.24) is 15.1 Å². The summed E-state index contributed by atoms with van der Waals surface area (Å²) in [5, 5.41) is 4.06. The van der Waals surface area contributed by atoms with Crippen molar-refractivity contribution in [1.29, 1.82) is 0 Å². The number of hydrogen-bond acceptors (Lipinski definition) is 5. The van der Waals surface area contributed by atoms with E-state index in [0.717, 1.165) is 6.20 Å². The smallest absolute Gasteiger partial charge is 0.281 e. The van der Waals surface area contributed by atoms with E-state index in [2.05, 4.69) is 15.1 Å². The molecule has 0 saturated heterocycles. The maximum Gasteiger partial charge on any atom is 0.281 e. The predicted octanol–water partition coefficient (Wildman–Crippen LogP) is 4.30. The van der Waals surface area contributed by atoms with Crippen LogP contribution >= 0.6 is 11.6 Å². The maximum absolute atomic E-state index is 12.6. The Bertz CT molecular complexity index is 780. The van der Waals surface area contributed by atoms with Crippen molar-refractivity contribution < 1.29 is 18.0 Å². The summed E-state index contributed by atoms with van der Waals surface area (Å²) in [6.07, 6.45) is 1.15. The molecule has 0 spiro atoms. The Morgan fingerprint density at radius 3 is 2.70 bits per heavy atom. The molecule has 3 aromatic rings. The molecule has 0 atom stereocenters. The molecule has 3 rings (SSSR count). The molecule has 2 heterocycles. The first-order valence-corrected chi connectivity index (χ1v) is 6.93. The Morgan fingerprint density at radius 1 is 1.17 bits per heavy atom. The van der Waals surface area contributed by atoms with Gasteiger partial charge in [0.1, 0.15) is 18.1 Å². The zero-order valence-electron chi connectivity index (χ0n) is 11.6. The van der Waals surface area contributed by atoms with E-state index in [4.69, 9.17) is 20.9 Å². The Kier molecular flexibility index (Phi) is 4.47. The minimum atomic E-state index is -2.66. The van der Waals surface area contributed by atoms with Crippen LogP contribution in [0.15, 0.2) is 47.4 Å². The van der Waals surface area contributed by atoms with Gasteiger partial charge in [0.05, 0.1) is 24.3 Å². The quantitative estimate of drug-likeness (QED) is 0.694. The van der Waals surface area contributed by atoms with E-state index in [0.29, 0.717) is 27.8 Å². The Labute approximate surface area is 134 Å². The molecule has 1 aromatic carbocycles. The maximum atomic E-state index is 12.6. The van der Waals surface area contributed by atoms with Gasteiger partial charge < -0.3 is 9.26 Å². The van der Waals surface area contributed by atoms with Gasteiger partial charge in [0.2, 0.25) is 0 Å². The van der Waals surface area contributed by atoms with Crippen molar-refractivity contribution in [2.24, 2.45) is 0 Å². The van der Waals surface area contributed by atoms with Gasteiger partial charge in [-0.2, -0.15) is 0 Å². The van der Waals surface area contributed by atoms with E-state index in [-0.39, 0.29) is 12.3 Å². The van der Waals surface area contributed by atoms with Crippen LogP contribution in [0.25, 0.3) is 11.3 Å². The lowest BCUT2D eigenvalue weighted by atomic mass is 10.1. The topological polar surface area (TPSA) is 61.0 Å². The molecule has 0 fully saturated rings. The van der Waals surface area contributed by atoms with Crippen LogP contribution in [0.2, 0.25) is 5.02 Å². The van der Waals surface area contributed by atoms with Gasteiger partial charge >= 0.3 is 0 Å². The minimum absolute atomic E-state index is 0.149. The zero-order chi connectivity index (χ0) is 16.2. The van der Waals surface area contributed by atoms with Gasteiger partial charge in [0.25, 0.3) is 6.43 Å². The largest absolute Gasteiger partial charge is 0.485 e. The summed E-state index contributed by atoms with van der Waals surface area (Å²) >= 11 is 5.98. The molecule has 118 valence electrons. The van der Waals surface area contributed by atoms with Gasteiger partial charge in [-0.15, -0.1) is 0 Å². The highest BCUT2D eigenvalue weighted by atomic mass is 35.5. The number of nitrogens with zero attached hydrogens (tertiary/aromatic N) is 3. The Balaban J connectivity index is 1.88. The molecule has 2 aromatic heterocycles. The third kappa shape index (κ3) is 3.62. The second-order valence-electron chi connectivity index (χ2n) is 4.54. The molecule has 0 bridgehead atoms. The van der Waals surface area contributed by atoms with Crippen molar-refractivity contribution in [2.75, 3.05) is 0 Å². The molecule has 0 aliphatic heterocycles. The molecule has 0 aliphatic carbocycles. The molecule has 0 radical (unpaired) electrons. The minimum Gasteiger partial charge on any atom is -0.485 e. The third-order valence-corrected chi connectivity index (χ3v) is 3.21. The first-order valence-electron chi connectivity index (χ1n) is 6.56. The second kappa shape index (κ2) is 6.70. The normalized spacial score (nSPS) is 11.0. The van der Waals surface area contributed by atoms with E-state index in [1.54, 1.807) is 24.3 Å². The lowest BCUT2D eigenvalue weighted by Gasteiger charge is -2.10. The predicted molar refractivity (Wildman–Crippen MR) is 78.3 cm³/mol. The van der Waals surface area contributed by atoms with Gasteiger partial charge in [0, 0.05) is 16.7 Å². The van der Waals surface area contributed by atoms with Crippen molar-refractivity contribution in [3.05, 3.63) is 59.3 Å². The number of halogens is 3. The Hall–Kier alpha value is -2.54. The fourth-order valence-corrected chi connectivity index (χ4v) is 2.04. The molecule has 23 heavy (non-hydrogen) atoms. The fourth-order valence-electron chi connectivity index (χ4n) is 1.88. The van der Waals surface area contributed by atoms with Crippen molar-refractivity contribution in [3.63, 3.8) is 0 Å². The first kappa shape index (κ1) is 15.4. The highest BCUT2D eigenvalue weighted by Gasteiger charge is 2.13. The van der Waals surface area contributed by atoms with Crippen molar-refractivity contribution >= 4 is 11.6 Å². The molecular formula is C15H10ClF2N3O2. The van der Waals surface area contributed by atoms with Crippen LogP contribution in [0.1, 0.15) is 17.9 Å². The average Bonchev–Trinajstić information content (AvgIpc) is 3.06. The standard InChI is InChI=1S/C15H10ClF2N3O2/c16-9-1-2-11(12-6-20-13(7-19-12)15(17)18)14(5-9)22-8-10-3-4-21-23-10/h1-7,15H,8H2. The van der Waals surface area contributed by atoms with Crippen molar-refractivity contribution in [2.45, 2.75) is 13.0 Å². The summed E-state index contributed by atoms with van der Waals surface area (Å²) in [5.41, 5.74) is 0.604. The van der Waals surface area contributed by atoms with E-state index >= 15 is 0 Å². The molecule has 0 N–H and O–H groups in total. The van der Waals surface area contributed by atoms with Crippen LogP contribution in [0.4, 0.5) is 8.78 Å². The van der Waals surface area contributed by atoms with Crippen LogP contribution in [0.3, 0.4) is 0 Å². The van der Waals surface area contributed by atoms with Gasteiger partial charge in [-0.05, 0) is 18.2 Å². The average molecular weight is 338 g/mol. The number of rotatable bonds is 5. The van der Waals surface area contributed by atoms with Crippen LogP contribution in [0, 0.1) is 0 Å². The summed E-state index contributed by atoms with van der Waals surface area (Å²) in [5.74, 6) is 0.975. The van der Waals surface area contributed by atoms with Gasteiger partial charge in [0.15, 0.2) is 5.76 Å². The number of hydrogen-bond donors (Lipinski definition) is 0. The Morgan fingerprint density at radius 2 is 2.04 bits per heavy atom. The molecule has 0 saturated carbocycles. The molecule has 0 amide bonds. The summed E-state index contributed by atoms with van der Waals surface area (Å²) in [6, 6.07) is 6.61. The molecule has 0 unspecified atom stereocenters. The highest BCUT2D eigenvalue weighted by molar-refractivity contribution is 6.30. The molecule has 8 heteroatoms. The van der Waals surface area contributed by atoms with E-state index in [9.17, 15) is 8.78 Å². The lowest BCUT2D eigenvalue weighted by molar-refractivity contribution is 0.145. The first-order chi connectivity index (χ1) is 11.1. The summed E-state index contributed by atoms with van der Waals surface area (Å²) < 4.78 is 35.7. The zero-order valence-corrected chi connectivity index (χ0v) is 12.4. The number of alkyl halides is 2. The van der Waals surface area contributed by atoms with Gasteiger partial charge in [-0.1, -0.05) is 16.8 Å². The molecule has 0 aliphatic rings. The summed E-state index contributed by atoms with van der Waals surface area (Å²) in [7, 11) is 0. The van der Waals surface area contributed by atoms with Crippen LogP contribution in [0.5, 0.6) is 5.75 Å². The summed E-state index contributed by atoms with van der Waals surface area (Å²) in [6.45, 7) is 0.149. The van der Waals surface area contributed by atoms with E-state index in [1.807, 2.05) is 0 Å². The number of ether oxygens (including phenoxy) is 1. The van der Waals surface area contributed by atoms with E-state index < -0.39 is 6.43 Å². The van der Waals surface area contributed by atoms with Gasteiger partial charge in [-0.3, -0.25) is 9.97 Å². The highest BCUT2D eigenvalue weighted by Crippen LogP contribution is 2.32. The third-order valence-electron chi connectivity index (χ3n) is 2.98. The number of benzene rings is 1. The summed E-state index contributed by atoms with van der Waals surface area (Å²) in [4.78, 5) is 7.70. The fraction of sp³-hybridized carbons (Fsp3) is 0.133. The number of aromatic nitrogens is 3. The van der Waals surface area contributed by atoms with Crippen LogP contribution in [-0.4, -0.2) is 15.1 Å².